The van der Waals surface area contributed by atoms with Gasteiger partial charge in [0.05, 0.1) is 12.3 Å². The summed E-state index contributed by atoms with van der Waals surface area (Å²) < 4.78 is 30.6. The Morgan fingerprint density at radius 3 is 2.88 bits per heavy atom. The maximum atomic E-state index is 11.6. The van der Waals surface area contributed by atoms with Gasteiger partial charge in [-0.15, -0.1) is 0 Å². The molecule has 16 heavy (non-hydrogen) atoms. The highest BCUT2D eigenvalue weighted by molar-refractivity contribution is 7.90. The SMILES string of the molecule is CCC(C#N)S(=O)(=O)NCCc1ccco1. The first-order chi connectivity index (χ1) is 7.60. The van der Waals surface area contributed by atoms with Gasteiger partial charge in [0.25, 0.3) is 0 Å². The van der Waals surface area contributed by atoms with Gasteiger partial charge in [-0.25, -0.2) is 13.1 Å². The zero-order chi connectivity index (χ0) is 12.0. The third-order valence-corrected chi connectivity index (χ3v) is 3.94. The smallest absolute Gasteiger partial charge is 0.227 e. The largest absolute Gasteiger partial charge is 0.469 e. The highest BCUT2D eigenvalue weighted by atomic mass is 32.2. The summed E-state index contributed by atoms with van der Waals surface area (Å²) in [5, 5.41) is 7.67. The molecule has 1 unspecified atom stereocenters. The van der Waals surface area contributed by atoms with Gasteiger partial charge in [-0.2, -0.15) is 5.26 Å². The summed E-state index contributed by atoms with van der Waals surface area (Å²) in [5.74, 6) is 0.715. The van der Waals surface area contributed by atoms with Crippen LogP contribution in [0.25, 0.3) is 0 Å². The van der Waals surface area contributed by atoms with Crippen LogP contribution in [-0.4, -0.2) is 20.2 Å². The fourth-order valence-electron chi connectivity index (χ4n) is 1.25. The summed E-state index contributed by atoms with van der Waals surface area (Å²) in [6.07, 6.45) is 2.30. The summed E-state index contributed by atoms with van der Waals surface area (Å²) in [7, 11) is -3.53. The molecule has 1 aromatic heterocycles. The van der Waals surface area contributed by atoms with Crippen molar-refractivity contribution in [2.75, 3.05) is 6.54 Å². The maximum absolute atomic E-state index is 11.6. The predicted octanol–water partition coefficient (Wildman–Crippen LogP) is 1.04. The van der Waals surface area contributed by atoms with E-state index in [-0.39, 0.29) is 13.0 Å². The summed E-state index contributed by atoms with van der Waals surface area (Å²) in [5.41, 5.74) is 0. The van der Waals surface area contributed by atoms with E-state index in [1.165, 1.54) is 6.26 Å². The molecule has 1 atom stereocenters. The summed E-state index contributed by atoms with van der Waals surface area (Å²) in [6.45, 7) is 1.91. The number of furan rings is 1. The minimum Gasteiger partial charge on any atom is -0.469 e. The quantitative estimate of drug-likeness (QED) is 0.808. The van der Waals surface area contributed by atoms with Crippen LogP contribution in [-0.2, 0) is 16.4 Å². The van der Waals surface area contributed by atoms with Crippen LogP contribution in [0.5, 0.6) is 0 Å². The van der Waals surface area contributed by atoms with Gasteiger partial charge < -0.3 is 4.42 Å². The van der Waals surface area contributed by atoms with Crippen LogP contribution in [0.1, 0.15) is 19.1 Å². The molecule has 0 spiro atoms. The zero-order valence-electron chi connectivity index (χ0n) is 9.01. The van der Waals surface area contributed by atoms with Crippen molar-refractivity contribution in [3.63, 3.8) is 0 Å². The van der Waals surface area contributed by atoms with Gasteiger partial charge in [-0.05, 0) is 18.6 Å². The average molecular weight is 242 g/mol. The molecule has 1 heterocycles. The lowest BCUT2D eigenvalue weighted by atomic mass is 10.3. The van der Waals surface area contributed by atoms with Crippen LogP contribution in [0.4, 0.5) is 0 Å². The van der Waals surface area contributed by atoms with Crippen LogP contribution in [0.15, 0.2) is 22.8 Å². The number of nitriles is 1. The van der Waals surface area contributed by atoms with Crippen molar-refractivity contribution < 1.29 is 12.8 Å². The Bertz CT molecular complexity index is 445. The molecule has 0 aromatic carbocycles. The topological polar surface area (TPSA) is 83.1 Å². The van der Waals surface area contributed by atoms with Gasteiger partial charge >= 0.3 is 0 Å². The van der Waals surface area contributed by atoms with E-state index in [1.54, 1.807) is 25.1 Å². The van der Waals surface area contributed by atoms with Crippen LogP contribution in [0.2, 0.25) is 0 Å². The third-order valence-electron chi connectivity index (χ3n) is 2.14. The second kappa shape index (κ2) is 5.68. The van der Waals surface area contributed by atoms with Crippen LogP contribution < -0.4 is 4.72 Å². The molecule has 0 radical (unpaired) electrons. The number of nitrogens with zero attached hydrogens (tertiary/aromatic N) is 1. The Labute approximate surface area is 95.1 Å². The van der Waals surface area contributed by atoms with E-state index >= 15 is 0 Å². The number of rotatable bonds is 6. The Morgan fingerprint density at radius 1 is 1.62 bits per heavy atom. The first kappa shape index (κ1) is 12.7. The highest BCUT2D eigenvalue weighted by Gasteiger charge is 2.22. The molecule has 1 aromatic rings. The molecule has 0 fully saturated rings. The second-order valence-electron chi connectivity index (χ2n) is 3.29. The van der Waals surface area contributed by atoms with Crippen LogP contribution >= 0.6 is 0 Å². The Kier molecular flexibility index (Phi) is 4.52. The maximum Gasteiger partial charge on any atom is 0.227 e. The minimum absolute atomic E-state index is 0.244. The Morgan fingerprint density at radius 2 is 2.38 bits per heavy atom. The van der Waals surface area contributed by atoms with E-state index in [4.69, 9.17) is 9.68 Å². The third kappa shape index (κ3) is 3.36. The molecule has 1 N–H and O–H groups in total. The molecule has 1 rings (SSSR count). The molecule has 0 aliphatic rings. The number of hydrogen-bond acceptors (Lipinski definition) is 4. The fraction of sp³-hybridized carbons (Fsp3) is 0.500. The lowest BCUT2D eigenvalue weighted by Crippen LogP contribution is -2.34. The number of hydrogen-bond donors (Lipinski definition) is 1. The molecule has 0 saturated heterocycles. The first-order valence-corrected chi connectivity index (χ1v) is 6.55. The fourth-order valence-corrected chi connectivity index (χ4v) is 2.42. The van der Waals surface area contributed by atoms with Crippen molar-refractivity contribution in [3.8, 4) is 6.07 Å². The monoisotopic (exact) mass is 242 g/mol. The van der Waals surface area contributed by atoms with Gasteiger partial charge in [-0.1, -0.05) is 6.92 Å². The minimum atomic E-state index is -3.53. The van der Waals surface area contributed by atoms with Gasteiger partial charge in [0, 0.05) is 13.0 Å². The second-order valence-corrected chi connectivity index (χ2v) is 5.24. The summed E-state index contributed by atoms with van der Waals surface area (Å²) >= 11 is 0. The number of nitrogens with one attached hydrogen (secondary N) is 1. The normalized spacial score (nSPS) is 13.2. The lowest BCUT2D eigenvalue weighted by molar-refractivity contribution is 0.505. The Hall–Kier alpha value is -1.32. The van der Waals surface area contributed by atoms with E-state index in [2.05, 4.69) is 4.72 Å². The molecule has 0 saturated carbocycles. The lowest BCUT2D eigenvalue weighted by Gasteiger charge is -2.08. The standard InChI is InChI=1S/C10H14N2O3S/c1-2-10(8-11)16(13,14)12-6-5-9-4-3-7-15-9/h3-4,7,10,12H,2,5-6H2,1H3. The van der Waals surface area contributed by atoms with Gasteiger partial charge in [0.1, 0.15) is 5.76 Å². The molecule has 0 bridgehead atoms. The number of sulfonamides is 1. The van der Waals surface area contributed by atoms with Gasteiger partial charge in [0.15, 0.2) is 5.25 Å². The van der Waals surface area contributed by atoms with Gasteiger partial charge in [0.2, 0.25) is 10.0 Å². The predicted molar refractivity (Wildman–Crippen MR) is 59.0 cm³/mol. The molecular formula is C10H14N2O3S. The molecule has 0 aliphatic heterocycles. The summed E-state index contributed by atoms with van der Waals surface area (Å²) in [4.78, 5) is 0. The van der Waals surface area contributed by atoms with E-state index in [9.17, 15) is 8.42 Å². The van der Waals surface area contributed by atoms with Crippen molar-refractivity contribution in [2.45, 2.75) is 25.0 Å². The average Bonchev–Trinajstić information content (AvgIpc) is 2.71. The molecule has 5 nitrogen and oxygen atoms in total. The van der Waals surface area contributed by atoms with Crippen molar-refractivity contribution in [1.82, 2.24) is 4.72 Å². The highest BCUT2D eigenvalue weighted by Crippen LogP contribution is 2.04. The molecular weight excluding hydrogens is 228 g/mol. The van der Waals surface area contributed by atoms with E-state index in [1.807, 2.05) is 0 Å². The van der Waals surface area contributed by atoms with Crippen molar-refractivity contribution >= 4 is 10.0 Å². The van der Waals surface area contributed by atoms with Crippen LogP contribution in [0.3, 0.4) is 0 Å². The molecule has 6 heteroatoms. The molecule has 88 valence electrons. The van der Waals surface area contributed by atoms with E-state index < -0.39 is 15.3 Å². The van der Waals surface area contributed by atoms with Crippen molar-refractivity contribution in [3.05, 3.63) is 24.2 Å². The molecule has 0 amide bonds. The summed E-state index contributed by atoms with van der Waals surface area (Å²) in [6, 6.07) is 5.28. The van der Waals surface area contributed by atoms with Crippen molar-refractivity contribution in [2.24, 2.45) is 0 Å². The van der Waals surface area contributed by atoms with Crippen LogP contribution in [0, 0.1) is 11.3 Å². The van der Waals surface area contributed by atoms with E-state index in [0.29, 0.717) is 12.2 Å². The Balaban J connectivity index is 2.46. The molecule has 0 aliphatic carbocycles. The van der Waals surface area contributed by atoms with Crippen molar-refractivity contribution in [1.29, 1.82) is 5.26 Å². The zero-order valence-corrected chi connectivity index (χ0v) is 9.83. The van der Waals surface area contributed by atoms with E-state index in [0.717, 1.165) is 0 Å². The first-order valence-electron chi connectivity index (χ1n) is 5.00. The van der Waals surface area contributed by atoms with Gasteiger partial charge in [-0.3, -0.25) is 0 Å².